The Bertz CT molecular complexity index is 860. The van der Waals surface area contributed by atoms with Crippen molar-refractivity contribution >= 4 is 16.6 Å². The summed E-state index contributed by atoms with van der Waals surface area (Å²) in [5.74, 6) is -0.225. The van der Waals surface area contributed by atoms with Gasteiger partial charge in [-0.2, -0.15) is 0 Å². The van der Waals surface area contributed by atoms with Crippen LogP contribution in [0.3, 0.4) is 0 Å². The number of hydrogen-bond acceptors (Lipinski definition) is 3. The van der Waals surface area contributed by atoms with Gasteiger partial charge >= 0.3 is 0 Å². The van der Waals surface area contributed by atoms with E-state index in [-0.39, 0.29) is 5.82 Å². The number of nitrogens with zero attached hydrogens (tertiary/aromatic N) is 2. The number of anilines is 1. The van der Waals surface area contributed by atoms with Crippen molar-refractivity contribution in [1.82, 2.24) is 10.3 Å². The van der Waals surface area contributed by atoms with Crippen LogP contribution in [-0.4, -0.2) is 30.7 Å². The molecule has 3 nitrogen and oxygen atoms in total. The molecular formula is C20H20FN3. The number of para-hydroxylation sites is 1. The van der Waals surface area contributed by atoms with Crippen LogP contribution in [-0.2, 0) is 0 Å². The number of fused-ring (bicyclic) bond motifs is 1. The van der Waals surface area contributed by atoms with Crippen molar-refractivity contribution in [3.8, 4) is 11.3 Å². The normalized spacial score (nSPS) is 18.1. The van der Waals surface area contributed by atoms with Gasteiger partial charge in [-0.05, 0) is 43.3 Å². The van der Waals surface area contributed by atoms with Gasteiger partial charge in [-0.25, -0.2) is 9.37 Å². The van der Waals surface area contributed by atoms with Crippen molar-refractivity contribution < 1.29 is 4.39 Å². The van der Waals surface area contributed by atoms with E-state index in [1.165, 1.54) is 12.1 Å². The Morgan fingerprint density at radius 3 is 2.71 bits per heavy atom. The second-order valence-electron chi connectivity index (χ2n) is 6.30. The number of hydrogen-bond donors (Lipinski definition) is 1. The maximum Gasteiger partial charge on any atom is 0.123 e. The SMILES string of the molecule is C[C@H]1CNCCN1c1cc2ccccc2nc1-c1ccc(F)cc1. The van der Waals surface area contributed by atoms with Crippen LogP contribution >= 0.6 is 0 Å². The first-order chi connectivity index (χ1) is 11.7. The van der Waals surface area contributed by atoms with Crippen molar-refractivity contribution in [3.63, 3.8) is 0 Å². The summed E-state index contributed by atoms with van der Waals surface area (Å²) in [5, 5.41) is 4.56. The lowest BCUT2D eigenvalue weighted by Gasteiger charge is -2.37. The largest absolute Gasteiger partial charge is 0.364 e. The Hall–Kier alpha value is -2.46. The van der Waals surface area contributed by atoms with Gasteiger partial charge in [0.15, 0.2) is 0 Å². The second-order valence-corrected chi connectivity index (χ2v) is 6.30. The third-order valence-corrected chi connectivity index (χ3v) is 4.63. The molecule has 4 rings (SSSR count). The molecule has 1 aromatic heterocycles. The lowest BCUT2D eigenvalue weighted by atomic mass is 10.0. The van der Waals surface area contributed by atoms with Gasteiger partial charge in [0.25, 0.3) is 0 Å². The Morgan fingerprint density at radius 2 is 1.92 bits per heavy atom. The average Bonchev–Trinajstić information content (AvgIpc) is 2.62. The van der Waals surface area contributed by atoms with E-state index in [1.54, 1.807) is 0 Å². The first-order valence-corrected chi connectivity index (χ1v) is 8.35. The summed E-state index contributed by atoms with van der Waals surface area (Å²) in [5.41, 5.74) is 3.95. The fourth-order valence-electron chi connectivity index (χ4n) is 3.34. The third-order valence-electron chi connectivity index (χ3n) is 4.63. The smallest absolute Gasteiger partial charge is 0.123 e. The van der Waals surface area contributed by atoms with Crippen LogP contribution in [0.15, 0.2) is 54.6 Å². The van der Waals surface area contributed by atoms with Crippen LogP contribution < -0.4 is 10.2 Å². The van der Waals surface area contributed by atoms with Crippen LogP contribution in [0.25, 0.3) is 22.2 Å². The molecule has 24 heavy (non-hydrogen) atoms. The molecule has 1 N–H and O–H groups in total. The fraction of sp³-hybridized carbons (Fsp3) is 0.250. The molecule has 4 heteroatoms. The first-order valence-electron chi connectivity index (χ1n) is 8.35. The molecule has 1 aliphatic rings. The minimum Gasteiger partial charge on any atom is -0.364 e. The van der Waals surface area contributed by atoms with E-state index in [0.717, 1.165) is 47.5 Å². The summed E-state index contributed by atoms with van der Waals surface area (Å²) in [6, 6.07) is 17.4. The average molecular weight is 321 g/mol. The summed E-state index contributed by atoms with van der Waals surface area (Å²) < 4.78 is 13.3. The van der Waals surface area contributed by atoms with Crippen LogP contribution in [0.2, 0.25) is 0 Å². The maximum atomic E-state index is 13.3. The van der Waals surface area contributed by atoms with Crippen molar-refractivity contribution in [2.75, 3.05) is 24.5 Å². The molecule has 0 spiro atoms. The monoisotopic (exact) mass is 321 g/mol. The predicted octanol–water partition coefficient (Wildman–Crippen LogP) is 3.84. The zero-order valence-corrected chi connectivity index (χ0v) is 13.7. The minimum absolute atomic E-state index is 0.225. The Morgan fingerprint density at radius 1 is 1.12 bits per heavy atom. The summed E-state index contributed by atoms with van der Waals surface area (Å²) in [4.78, 5) is 7.30. The molecule has 1 fully saturated rings. The fourth-order valence-corrected chi connectivity index (χ4v) is 3.34. The molecule has 1 aliphatic heterocycles. The number of rotatable bonds is 2. The van der Waals surface area contributed by atoms with E-state index < -0.39 is 0 Å². The number of aromatic nitrogens is 1. The molecule has 0 radical (unpaired) electrons. The number of benzene rings is 2. The molecule has 2 heterocycles. The molecule has 1 saturated heterocycles. The highest BCUT2D eigenvalue weighted by Crippen LogP contribution is 2.33. The third kappa shape index (κ3) is 2.74. The van der Waals surface area contributed by atoms with Crippen LogP contribution in [0.4, 0.5) is 10.1 Å². The van der Waals surface area contributed by atoms with Crippen molar-refractivity contribution in [1.29, 1.82) is 0 Å². The van der Waals surface area contributed by atoms with Gasteiger partial charge in [-0.3, -0.25) is 0 Å². The molecular weight excluding hydrogens is 301 g/mol. The van der Waals surface area contributed by atoms with Crippen molar-refractivity contribution in [2.24, 2.45) is 0 Å². The molecule has 122 valence electrons. The van der Waals surface area contributed by atoms with Crippen molar-refractivity contribution in [2.45, 2.75) is 13.0 Å². The van der Waals surface area contributed by atoms with E-state index in [9.17, 15) is 4.39 Å². The van der Waals surface area contributed by atoms with E-state index in [2.05, 4.69) is 29.3 Å². The Kier molecular flexibility index (Phi) is 3.90. The van der Waals surface area contributed by atoms with Crippen molar-refractivity contribution in [3.05, 3.63) is 60.4 Å². The van der Waals surface area contributed by atoms with Gasteiger partial charge in [0, 0.05) is 36.6 Å². The number of halogens is 1. The minimum atomic E-state index is -0.225. The van der Waals surface area contributed by atoms with E-state index in [0.29, 0.717) is 6.04 Å². The van der Waals surface area contributed by atoms with Gasteiger partial charge in [-0.1, -0.05) is 18.2 Å². The van der Waals surface area contributed by atoms with Gasteiger partial charge in [0.2, 0.25) is 0 Å². The number of piperazine rings is 1. The number of nitrogens with one attached hydrogen (secondary N) is 1. The predicted molar refractivity (Wildman–Crippen MR) is 96.8 cm³/mol. The zero-order chi connectivity index (χ0) is 16.5. The highest BCUT2D eigenvalue weighted by Gasteiger charge is 2.22. The molecule has 0 bridgehead atoms. The van der Waals surface area contributed by atoms with Crippen LogP contribution in [0, 0.1) is 5.82 Å². The van der Waals surface area contributed by atoms with Gasteiger partial charge in [-0.15, -0.1) is 0 Å². The molecule has 2 aromatic carbocycles. The summed E-state index contributed by atoms with van der Waals surface area (Å²) in [7, 11) is 0. The maximum absolute atomic E-state index is 13.3. The van der Waals surface area contributed by atoms with Gasteiger partial charge in [0.05, 0.1) is 16.9 Å². The summed E-state index contributed by atoms with van der Waals surface area (Å²) >= 11 is 0. The quantitative estimate of drug-likeness (QED) is 0.777. The second kappa shape index (κ2) is 6.21. The molecule has 1 atom stereocenters. The summed E-state index contributed by atoms with van der Waals surface area (Å²) in [6.07, 6.45) is 0. The molecule has 0 saturated carbocycles. The Balaban J connectivity index is 1.91. The van der Waals surface area contributed by atoms with Gasteiger partial charge in [0.1, 0.15) is 5.82 Å². The van der Waals surface area contributed by atoms with Crippen LogP contribution in [0.1, 0.15) is 6.92 Å². The first kappa shape index (κ1) is 15.1. The van der Waals surface area contributed by atoms with E-state index in [4.69, 9.17) is 4.98 Å². The lowest BCUT2D eigenvalue weighted by molar-refractivity contribution is 0.501. The Labute approximate surface area is 141 Å². The molecule has 3 aromatic rings. The molecule has 0 aliphatic carbocycles. The van der Waals surface area contributed by atoms with Gasteiger partial charge < -0.3 is 10.2 Å². The highest BCUT2D eigenvalue weighted by atomic mass is 19.1. The van der Waals surface area contributed by atoms with E-state index >= 15 is 0 Å². The highest BCUT2D eigenvalue weighted by molar-refractivity contribution is 5.89. The zero-order valence-electron chi connectivity index (χ0n) is 13.7. The van der Waals surface area contributed by atoms with Crippen LogP contribution in [0.5, 0.6) is 0 Å². The topological polar surface area (TPSA) is 28.2 Å². The van der Waals surface area contributed by atoms with E-state index in [1.807, 2.05) is 30.3 Å². The summed E-state index contributed by atoms with van der Waals surface area (Å²) in [6.45, 7) is 5.07. The molecule has 0 unspecified atom stereocenters. The standard InChI is InChI=1S/C20H20FN3/c1-14-13-22-10-11-24(14)19-12-16-4-2-3-5-18(16)23-20(19)15-6-8-17(21)9-7-15/h2-9,12,14,22H,10-11,13H2,1H3/t14-/m0/s1. The molecule has 0 amide bonds. The lowest BCUT2D eigenvalue weighted by Crippen LogP contribution is -2.50. The number of pyridine rings is 1.